The topological polar surface area (TPSA) is 76.1 Å². The van der Waals surface area contributed by atoms with E-state index in [9.17, 15) is 14.4 Å². The van der Waals surface area contributed by atoms with Gasteiger partial charge in [0.2, 0.25) is 5.91 Å². The summed E-state index contributed by atoms with van der Waals surface area (Å²) in [5.74, 6) is -0.635. The van der Waals surface area contributed by atoms with Crippen LogP contribution in [0.15, 0.2) is 24.3 Å². The number of carbonyl (C=O) groups excluding carboxylic acids is 3. The highest BCUT2D eigenvalue weighted by molar-refractivity contribution is 5.99. The fraction of sp³-hybridized carbons (Fsp3) is 0.438. The normalized spacial score (nSPS) is 15.1. The second kappa shape index (κ2) is 7.13. The zero-order valence-electron chi connectivity index (χ0n) is 13.4. The maximum Gasteiger partial charge on any atom is 0.326 e. The largest absolute Gasteiger partial charge is 0.491 e. The number of nitrogens with zero attached hydrogens (tertiary/aromatic N) is 2. The number of fused-ring (bicyclic) bond motifs is 1. The number of rotatable bonds is 4. The molecule has 0 saturated carbocycles. The van der Waals surface area contributed by atoms with Gasteiger partial charge in [-0.25, -0.2) is 0 Å². The van der Waals surface area contributed by atoms with Crippen LogP contribution in [0.1, 0.15) is 13.3 Å². The van der Waals surface area contributed by atoms with E-state index in [1.807, 2.05) is 0 Å². The lowest BCUT2D eigenvalue weighted by atomic mass is 10.2. The third-order valence-corrected chi connectivity index (χ3v) is 3.41. The molecule has 0 aliphatic carbocycles. The Morgan fingerprint density at radius 2 is 2.04 bits per heavy atom. The highest BCUT2D eigenvalue weighted by Gasteiger charge is 2.27. The summed E-state index contributed by atoms with van der Waals surface area (Å²) in [6.07, 6.45) is -0.722. The third-order valence-electron chi connectivity index (χ3n) is 3.41. The van der Waals surface area contributed by atoms with Gasteiger partial charge < -0.3 is 14.4 Å². The van der Waals surface area contributed by atoms with Gasteiger partial charge in [0, 0.05) is 14.1 Å². The molecule has 0 spiro atoms. The molecule has 1 aliphatic heterocycles. The number of carbonyl (C=O) groups is 3. The molecular formula is C16H20N2O5. The highest BCUT2D eigenvalue weighted by atomic mass is 16.5. The van der Waals surface area contributed by atoms with Gasteiger partial charge >= 0.3 is 5.97 Å². The van der Waals surface area contributed by atoms with Crippen LogP contribution in [-0.2, 0) is 19.1 Å². The van der Waals surface area contributed by atoms with Gasteiger partial charge in [-0.3, -0.25) is 19.3 Å². The Hall–Kier alpha value is -2.57. The van der Waals surface area contributed by atoms with Crippen molar-refractivity contribution >= 4 is 23.5 Å². The van der Waals surface area contributed by atoms with Crippen molar-refractivity contribution < 1.29 is 23.9 Å². The molecule has 1 aromatic rings. The van der Waals surface area contributed by atoms with E-state index in [0.717, 1.165) is 0 Å². The molecule has 1 atom stereocenters. The molecule has 0 radical (unpaired) electrons. The monoisotopic (exact) mass is 320 g/mol. The molecule has 7 nitrogen and oxygen atoms in total. The number of esters is 1. The van der Waals surface area contributed by atoms with E-state index in [0.29, 0.717) is 11.4 Å². The average Bonchev–Trinajstić information content (AvgIpc) is 2.66. The van der Waals surface area contributed by atoms with Gasteiger partial charge in [0.1, 0.15) is 12.3 Å². The summed E-state index contributed by atoms with van der Waals surface area (Å²) < 4.78 is 10.6. The van der Waals surface area contributed by atoms with Crippen molar-refractivity contribution in [3.05, 3.63) is 24.3 Å². The SMILES string of the molecule is C[C@@H](OC(=O)CN1C(=O)CCOc2ccccc21)C(=O)N(C)C. The van der Waals surface area contributed by atoms with Gasteiger partial charge in [0.05, 0.1) is 18.7 Å². The standard InChI is InChI=1S/C16H20N2O5/c1-11(16(21)17(2)3)23-15(20)10-18-12-6-4-5-7-13(12)22-9-8-14(18)19/h4-7,11H,8-10H2,1-3H3/t11-/m1/s1. The van der Waals surface area contributed by atoms with Crippen molar-refractivity contribution in [2.24, 2.45) is 0 Å². The molecule has 7 heteroatoms. The van der Waals surface area contributed by atoms with Crippen LogP contribution in [0, 0.1) is 0 Å². The zero-order chi connectivity index (χ0) is 17.0. The van der Waals surface area contributed by atoms with Crippen LogP contribution in [0.25, 0.3) is 0 Å². The molecule has 2 amide bonds. The van der Waals surface area contributed by atoms with E-state index in [4.69, 9.17) is 9.47 Å². The van der Waals surface area contributed by atoms with Gasteiger partial charge in [-0.2, -0.15) is 0 Å². The Kier molecular flexibility index (Phi) is 5.20. The van der Waals surface area contributed by atoms with Crippen LogP contribution in [0.2, 0.25) is 0 Å². The van der Waals surface area contributed by atoms with E-state index < -0.39 is 12.1 Å². The summed E-state index contributed by atoms with van der Waals surface area (Å²) >= 11 is 0. The number of ether oxygens (including phenoxy) is 2. The van der Waals surface area contributed by atoms with Crippen molar-refractivity contribution in [3.63, 3.8) is 0 Å². The quantitative estimate of drug-likeness (QED) is 0.768. The Morgan fingerprint density at radius 1 is 1.35 bits per heavy atom. The van der Waals surface area contributed by atoms with Crippen LogP contribution in [0.4, 0.5) is 5.69 Å². The van der Waals surface area contributed by atoms with Crippen LogP contribution in [0.3, 0.4) is 0 Å². The minimum absolute atomic E-state index is 0.175. The summed E-state index contributed by atoms with van der Waals surface area (Å²) in [7, 11) is 3.16. The maximum atomic E-state index is 12.2. The number of likely N-dealkylation sites (N-methyl/N-ethyl adjacent to an activating group) is 1. The molecule has 1 aliphatic rings. The first-order valence-electron chi connectivity index (χ1n) is 7.33. The predicted octanol–water partition coefficient (Wildman–Crippen LogP) is 0.822. The fourth-order valence-corrected chi connectivity index (χ4v) is 2.27. The predicted molar refractivity (Wildman–Crippen MR) is 83.2 cm³/mol. The van der Waals surface area contributed by atoms with Crippen molar-refractivity contribution in [1.82, 2.24) is 4.90 Å². The second-order valence-electron chi connectivity index (χ2n) is 5.41. The average molecular weight is 320 g/mol. The van der Waals surface area contributed by atoms with Crippen molar-refractivity contribution in [2.75, 3.05) is 32.1 Å². The summed E-state index contributed by atoms with van der Waals surface area (Å²) in [4.78, 5) is 38.7. The molecule has 2 rings (SSSR count). The molecule has 0 N–H and O–H groups in total. The van der Waals surface area contributed by atoms with Gasteiger partial charge in [-0.15, -0.1) is 0 Å². The first-order valence-corrected chi connectivity index (χ1v) is 7.33. The van der Waals surface area contributed by atoms with Crippen LogP contribution >= 0.6 is 0 Å². The second-order valence-corrected chi connectivity index (χ2v) is 5.41. The van der Waals surface area contributed by atoms with Crippen molar-refractivity contribution in [2.45, 2.75) is 19.4 Å². The molecule has 23 heavy (non-hydrogen) atoms. The molecule has 0 fully saturated rings. The lowest BCUT2D eigenvalue weighted by molar-refractivity contribution is -0.157. The molecule has 124 valence electrons. The summed E-state index contributed by atoms with van der Waals surface area (Å²) in [5, 5.41) is 0. The van der Waals surface area contributed by atoms with Gasteiger partial charge in [-0.05, 0) is 19.1 Å². The van der Waals surface area contributed by atoms with E-state index in [2.05, 4.69) is 0 Å². The first kappa shape index (κ1) is 16.8. The van der Waals surface area contributed by atoms with Crippen molar-refractivity contribution in [1.29, 1.82) is 0 Å². The highest BCUT2D eigenvalue weighted by Crippen LogP contribution is 2.30. The number of anilines is 1. The van der Waals surface area contributed by atoms with Gasteiger partial charge in [0.25, 0.3) is 5.91 Å². The van der Waals surface area contributed by atoms with Crippen LogP contribution < -0.4 is 9.64 Å². The smallest absolute Gasteiger partial charge is 0.326 e. The fourth-order valence-electron chi connectivity index (χ4n) is 2.27. The lowest BCUT2D eigenvalue weighted by Gasteiger charge is -2.22. The summed E-state index contributed by atoms with van der Waals surface area (Å²) in [5.41, 5.74) is 0.526. The summed E-state index contributed by atoms with van der Waals surface area (Å²) in [6, 6.07) is 7.00. The molecule has 1 aromatic carbocycles. The Balaban J connectivity index is 2.10. The van der Waals surface area contributed by atoms with Crippen LogP contribution in [-0.4, -0.2) is 56.0 Å². The first-order chi connectivity index (χ1) is 10.9. The van der Waals surface area contributed by atoms with E-state index in [-0.39, 0.29) is 31.4 Å². The van der Waals surface area contributed by atoms with E-state index in [1.165, 1.54) is 16.7 Å². The Morgan fingerprint density at radius 3 is 2.74 bits per heavy atom. The number of amides is 2. The van der Waals surface area contributed by atoms with Crippen molar-refractivity contribution in [3.8, 4) is 5.75 Å². The Bertz CT molecular complexity index is 614. The molecule has 0 bridgehead atoms. The molecule has 0 unspecified atom stereocenters. The number of para-hydroxylation sites is 2. The molecule has 1 heterocycles. The van der Waals surface area contributed by atoms with E-state index in [1.54, 1.807) is 38.4 Å². The van der Waals surface area contributed by atoms with Gasteiger partial charge in [-0.1, -0.05) is 12.1 Å². The van der Waals surface area contributed by atoms with E-state index >= 15 is 0 Å². The number of hydrogen-bond donors (Lipinski definition) is 0. The maximum absolute atomic E-state index is 12.2. The molecular weight excluding hydrogens is 300 g/mol. The summed E-state index contributed by atoms with van der Waals surface area (Å²) in [6.45, 7) is 1.50. The number of hydrogen-bond acceptors (Lipinski definition) is 5. The minimum Gasteiger partial charge on any atom is -0.491 e. The lowest BCUT2D eigenvalue weighted by Crippen LogP contribution is -2.40. The number of benzene rings is 1. The molecule has 0 saturated heterocycles. The van der Waals surface area contributed by atoms with Crippen LogP contribution in [0.5, 0.6) is 5.75 Å². The van der Waals surface area contributed by atoms with Gasteiger partial charge in [0.15, 0.2) is 6.10 Å². The minimum atomic E-state index is -0.897. The molecule has 0 aromatic heterocycles. The Labute approximate surface area is 134 Å². The zero-order valence-corrected chi connectivity index (χ0v) is 13.4. The third kappa shape index (κ3) is 4.00.